The average molecular weight is 362 g/mol. The van der Waals surface area contributed by atoms with E-state index in [4.69, 9.17) is 9.47 Å². The molecule has 1 amide bonds. The number of ether oxygens (including phenoxy) is 2. The van der Waals surface area contributed by atoms with Crippen LogP contribution in [0.5, 0.6) is 11.5 Å². The van der Waals surface area contributed by atoms with Gasteiger partial charge in [-0.25, -0.2) is 0 Å². The summed E-state index contributed by atoms with van der Waals surface area (Å²) in [4.78, 5) is 14.3. The van der Waals surface area contributed by atoms with Gasteiger partial charge in [0.1, 0.15) is 0 Å². The molecular weight excluding hydrogens is 334 g/mol. The number of hydrogen-bond donors (Lipinski definition) is 1. The Hall–Kier alpha value is -2.01. The van der Waals surface area contributed by atoms with Crippen LogP contribution in [-0.2, 0) is 12.8 Å². The van der Waals surface area contributed by atoms with Gasteiger partial charge in [-0.3, -0.25) is 4.79 Å². The van der Waals surface area contributed by atoms with Gasteiger partial charge in [0.15, 0.2) is 11.5 Å². The van der Waals surface area contributed by atoms with E-state index in [-0.39, 0.29) is 5.91 Å². The molecule has 0 fully saturated rings. The normalized spacial score (nSPS) is 10.6. The van der Waals surface area contributed by atoms with E-state index in [1.807, 2.05) is 38.1 Å². The van der Waals surface area contributed by atoms with E-state index in [9.17, 15) is 4.79 Å². The minimum atomic E-state index is 0.00349. The van der Waals surface area contributed by atoms with Gasteiger partial charge in [-0.1, -0.05) is 13.0 Å². The van der Waals surface area contributed by atoms with Crippen molar-refractivity contribution >= 4 is 17.2 Å². The first-order chi connectivity index (χ1) is 12.1. The molecule has 0 spiro atoms. The largest absolute Gasteiger partial charge is 0.490 e. The molecule has 2 aromatic rings. The quantitative estimate of drug-likeness (QED) is 0.721. The molecule has 1 N–H and O–H groups in total. The monoisotopic (exact) mass is 361 g/mol. The molecule has 0 bridgehead atoms. The fourth-order valence-electron chi connectivity index (χ4n) is 2.64. The van der Waals surface area contributed by atoms with Gasteiger partial charge in [0, 0.05) is 11.4 Å². The number of carbonyl (C=O) groups is 1. The third-order valence-electron chi connectivity index (χ3n) is 3.87. The van der Waals surface area contributed by atoms with Crippen LogP contribution >= 0.6 is 11.3 Å². The van der Waals surface area contributed by atoms with E-state index in [1.54, 1.807) is 11.3 Å². The van der Waals surface area contributed by atoms with Crippen molar-refractivity contribution in [2.24, 2.45) is 0 Å². The van der Waals surface area contributed by atoms with Gasteiger partial charge < -0.3 is 14.8 Å². The lowest BCUT2D eigenvalue weighted by molar-refractivity contribution is 0.0958. The first-order valence-corrected chi connectivity index (χ1v) is 9.66. The number of nitrogens with one attached hydrogen (secondary N) is 1. The number of aryl methyl sites for hydroxylation is 2. The number of carbonyl (C=O) groups excluding carboxylic acids is 1. The highest BCUT2D eigenvalue weighted by Crippen LogP contribution is 2.28. The van der Waals surface area contributed by atoms with Gasteiger partial charge >= 0.3 is 0 Å². The maximum atomic E-state index is 12.3. The summed E-state index contributed by atoms with van der Waals surface area (Å²) in [6.07, 6.45) is 1.72. The van der Waals surface area contributed by atoms with Crippen LogP contribution in [0.4, 0.5) is 0 Å². The Balaban J connectivity index is 1.94. The molecule has 2 rings (SSSR count). The van der Waals surface area contributed by atoms with Crippen LogP contribution in [0.15, 0.2) is 24.3 Å². The van der Waals surface area contributed by atoms with Crippen molar-refractivity contribution in [2.75, 3.05) is 19.8 Å². The molecule has 0 saturated carbocycles. The van der Waals surface area contributed by atoms with E-state index in [0.717, 1.165) is 34.8 Å². The Bertz CT molecular complexity index is 709. The molecule has 4 nitrogen and oxygen atoms in total. The first-order valence-electron chi connectivity index (χ1n) is 8.85. The van der Waals surface area contributed by atoms with E-state index < -0.39 is 0 Å². The summed E-state index contributed by atoms with van der Waals surface area (Å²) in [6.45, 7) is 9.87. The fraction of sp³-hybridized carbons (Fsp3) is 0.450. The molecule has 25 heavy (non-hydrogen) atoms. The molecule has 0 aliphatic carbocycles. The number of amides is 1. The summed E-state index contributed by atoms with van der Waals surface area (Å²) in [5.74, 6) is 1.52. The van der Waals surface area contributed by atoms with E-state index >= 15 is 0 Å². The maximum absolute atomic E-state index is 12.3. The summed E-state index contributed by atoms with van der Waals surface area (Å²) in [6, 6.07) is 7.92. The van der Waals surface area contributed by atoms with Crippen LogP contribution in [-0.4, -0.2) is 25.7 Å². The Morgan fingerprint density at radius 1 is 1.08 bits per heavy atom. The van der Waals surface area contributed by atoms with Crippen LogP contribution in [0.1, 0.15) is 46.4 Å². The van der Waals surface area contributed by atoms with E-state index in [1.165, 1.54) is 10.4 Å². The van der Waals surface area contributed by atoms with Gasteiger partial charge in [0.05, 0.1) is 18.1 Å². The third-order valence-corrected chi connectivity index (χ3v) is 5.25. The average Bonchev–Trinajstić information content (AvgIpc) is 2.98. The van der Waals surface area contributed by atoms with Crippen LogP contribution in [0.3, 0.4) is 0 Å². The molecule has 0 aliphatic rings. The zero-order valence-corrected chi connectivity index (χ0v) is 16.3. The van der Waals surface area contributed by atoms with Gasteiger partial charge in [-0.2, -0.15) is 0 Å². The summed E-state index contributed by atoms with van der Waals surface area (Å²) < 4.78 is 11.2. The maximum Gasteiger partial charge on any atom is 0.261 e. The van der Waals surface area contributed by atoms with Crippen LogP contribution < -0.4 is 14.8 Å². The molecule has 0 aliphatic heterocycles. The molecule has 0 radical (unpaired) electrons. The minimum absolute atomic E-state index is 0.00349. The highest BCUT2D eigenvalue weighted by molar-refractivity contribution is 7.14. The summed E-state index contributed by atoms with van der Waals surface area (Å²) >= 11 is 1.58. The van der Waals surface area contributed by atoms with Crippen molar-refractivity contribution in [3.63, 3.8) is 0 Å². The standard InChI is InChI=1S/C20H27NO3S/c1-5-18-14(4)12-19(25-18)20(22)21-11-10-15-8-9-16(23-6-2)17(13-15)24-7-3/h8-9,12-13H,5-7,10-11H2,1-4H3,(H,21,22). The van der Waals surface area contributed by atoms with Crippen molar-refractivity contribution in [1.82, 2.24) is 5.32 Å². The molecule has 0 saturated heterocycles. The van der Waals surface area contributed by atoms with E-state index in [2.05, 4.69) is 19.2 Å². The second-order valence-corrected chi connectivity index (χ2v) is 6.86. The minimum Gasteiger partial charge on any atom is -0.490 e. The lowest BCUT2D eigenvalue weighted by Gasteiger charge is -2.12. The fourth-order valence-corrected chi connectivity index (χ4v) is 3.67. The number of thiophene rings is 1. The Morgan fingerprint density at radius 2 is 1.80 bits per heavy atom. The molecule has 136 valence electrons. The highest BCUT2D eigenvalue weighted by Gasteiger charge is 2.11. The highest BCUT2D eigenvalue weighted by atomic mass is 32.1. The van der Waals surface area contributed by atoms with Crippen LogP contribution in [0, 0.1) is 6.92 Å². The molecule has 1 heterocycles. The Morgan fingerprint density at radius 3 is 2.44 bits per heavy atom. The van der Waals surface area contributed by atoms with Gasteiger partial charge in [-0.05, 0) is 62.9 Å². The molecule has 1 aromatic carbocycles. The lowest BCUT2D eigenvalue weighted by atomic mass is 10.1. The predicted octanol–water partition coefficient (Wildman–Crippen LogP) is 4.39. The summed E-state index contributed by atoms with van der Waals surface area (Å²) in [7, 11) is 0. The molecule has 0 unspecified atom stereocenters. The van der Waals surface area contributed by atoms with Gasteiger partial charge in [0.2, 0.25) is 0 Å². The summed E-state index contributed by atoms with van der Waals surface area (Å²) in [5.41, 5.74) is 2.31. The zero-order chi connectivity index (χ0) is 18.2. The Kier molecular flexibility index (Phi) is 7.31. The third kappa shape index (κ3) is 5.23. The van der Waals surface area contributed by atoms with Crippen LogP contribution in [0.25, 0.3) is 0 Å². The number of hydrogen-bond acceptors (Lipinski definition) is 4. The molecular formula is C20H27NO3S. The topological polar surface area (TPSA) is 47.6 Å². The Labute approximate surface area is 154 Å². The van der Waals surface area contributed by atoms with Crippen molar-refractivity contribution < 1.29 is 14.3 Å². The van der Waals surface area contributed by atoms with Crippen molar-refractivity contribution in [3.8, 4) is 11.5 Å². The van der Waals surface area contributed by atoms with Crippen LogP contribution in [0.2, 0.25) is 0 Å². The van der Waals surface area contributed by atoms with Gasteiger partial charge in [0.25, 0.3) is 5.91 Å². The molecule has 5 heteroatoms. The zero-order valence-electron chi connectivity index (χ0n) is 15.5. The SMILES string of the molecule is CCOc1ccc(CCNC(=O)c2cc(C)c(CC)s2)cc1OCC. The number of rotatable bonds is 9. The van der Waals surface area contributed by atoms with E-state index in [0.29, 0.717) is 19.8 Å². The van der Waals surface area contributed by atoms with Crippen molar-refractivity contribution in [1.29, 1.82) is 0 Å². The van der Waals surface area contributed by atoms with Gasteiger partial charge in [-0.15, -0.1) is 11.3 Å². The first kappa shape index (κ1) is 19.3. The smallest absolute Gasteiger partial charge is 0.261 e. The predicted molar refractivity (Wildman–Crippen MR) is 103 cm³/mol. The molecule has 0 atom stereocenters. The second kappa shape index (κ2) is 9.47. The summed E-state index contributed by atoms with van der Waals surface area (Å²) in [5, 5.41) is 3.00. The molecule has 1 aromatic heterocycles. The van der Waals surface area contributed by atoms with Crippen molar-refractivity contribution in [2.45, 2.75) is 40.5 Å². The second-order valence-electron chi connectivity index (χ2n) is 5.72. The van der Waals surface area contributed by atoms with Crippen molar-refractivity contribution in [3.05, 3.63) is 45.1 Å². The number of benzene rings is 1. The lowest BCUT2D eigenvalue weighted by Crippen LogP contribution is -2.24.